The first-order valence-corrected chi connectivity index (χ1v) is 11.6. The number of hydrogen-bond acceptors (Lipinski definition) is 9. The molecule has 0 spiro atoms. The highest BCUT2D eigenvalue weighted by Gasteiger charge is 2.24. The summed E-state index contributed by atoms with van der Waals surface area (Å²) in [6, 6.07) is 11.2. The number of hydrogen-bond donors (Lipinski definition) is 4. The average Bonchev–Trinajstić information content (AvgIpc) is 2.71. The fourth-order valence-corrected chi connectivity index (χ4v) is 4.42. The van der Waals surface area contributed by atoms with Gasteiger partial charge in [-0.05, 0) is 35.7 Å². The third-order valence-electron chi connectivity index (χ3n) is 4.60. The first-order chi connectivity index (χ1) is 15.0. The van der Waals surface area contributed by atoms with Gasteiger partial charge in [0.2, 0.25) is 0 Å². The Labute approximate surface area is 181 Å². The number of aromatic hydroxyl groups is 1. The van der Waals surface area contributed by atoms with Crippen molar-refractivity contribution >= 4 is 59.0 Å². The van der Waals surface area contributed by atoms with Crippen molar-refractivity contribution in [2.75, 3.05) is 5.73 Å². The van der Waals surface area contributed by atoms with Crippen LogP contribution < -0.4 is 5.73 Å². The number of nitrogens with zero attached hydrogens (tertiary/aromatic N) is 3. The van der Waals surface area contributed by atoms with Crippen LogP contribution in [0.1, 0.15) is 0 Å². The topological polar surface area (TPSA) is 193 Å². The van der Waals surface area contributed by atoms with E-state index in [1.807, 2.05) is 0 Å². The van der Waals surface area contributed by atoms with Crippen LogP contribution in [0.25, 0.3) is 21.7 Å². The average molecular weight is 474 g/mol. The first kappa shape index (κ1) is 21.6. The Kier molecular flexibility index (Phi) is 5.05. The van der Waals surface area contributed by atoms with Crippen LogP contribution in [0.5, 0.6) is 5.75 Å². The number of phenols is 1. The Balaban J connectivity index is 2.01. The molecular formula is C19H14N4O7S2. The van der Waals surface area contributed by atoms with Crippen molar-refractivity contribution in [1.82, 2.24) is 4.98 Å². The molecule has 0 unspecified atom stereocenters. The molecule has 0 aliphatic heterocycles. The summed E-state index contributed by atoms with van der Waals surface area (Å²) in [6.07, 6.45) is 1.53. The van der Waals surface area contributed by atoms with E-state index in [0.717, 1.165) is 23.6 Å². The van der Waals surface area contributed by atoms with Gasteiger partial charge in [0, 0.05) is 22.7 Å². The van der Waals surface area contributed by atoms with Crippen LogP contribution in [-0.4, -0.2) is 36.0 Å². The highest BCUT2D eigenvalue weighted by atomic mass is 32.2. The molecule has 0 fully saturated rings. The van der Waals surface area contributed by atoms with Crippen LogP contribution in [0.4, 0.5) is 17.1 Å². The quantitative estimate of drug-likeness (QED) is 0.194. The van der Waals surface area contributed by atoms with Crippen LogP contribution in [0.3, 0.4) is 0 Å². The van der Waals surface area contributed by atoms with Crippen molar-refractivity contribution in [2.24, 2.45) is 10.2 Å². The maximum atomic E-state index is 12.0. The summed E-state index contributed by atoms with van der Waals surface area (Å²) in [5.41, 5.74) is 5.67. The third kappa shape index (κ3) is 3.85. The molecule has 0 saturated heterocycles. The molecule has 4 rings (SSSR count). The molecule has 0 aliphatic rings. The fourth-order valence-electron chi connectivity index (χ4n) is 3.21. The second-order valence-electron chi connectivity index (χ2n) is 6.68. The third-order valence-corrected chi connectivity index (χ3v) is 6.30. The highest BCUT2D eigenvalue weighted by Crippen LogP contribution is 2.44. The number of anilines is 1. The lowest BCUT2D eigenvalue weighted by Crippen LogP contribution is -2.02. The van der Waals surface area contributed by atoms with Crippen LogP contribution in [0, 0.1) is 0 Å². The van der Waals surface area contributed by atoms with Crippen LogP contribution in [0.2, 0.25) is 0 Å². The van der Waals surface area contributed by atoms with Crippen LogP contribution in [0.15, 0.2) is 74.7 Å². The molecule has 4 aromatic rings. The Bertz CT molecular complexity index is 1640. The summed E-state index contributed by atoms with van der Waals surface area (Å²) in [7, 11) is -9.62. The standard InChI is InChI=1S/C19H14N4O7S2/c20-13-9-12(31(25,26)27)7-11-8-15(32(28,29)30)18(19(24)16(11)13)23-22-14-5-1-3-10-4-2-6-21-17(10)14/h1-9,24H,20H2,(H,25,26,27)(H,28,29,30). The van der Waals surface area contributed by atoms with E-state index in [9.17, 15) is 31.0 Å². The second-order valence-corrected chi connectivity index (χ2v) is 9.50. The number of aromatic nitrogens is 1. The lowest BCUT2D eigenvalue weighted by Gasteiger charge is -2.12. The van der Waals surface area contributed by atoms with E-state index in [2.05, 4.69) is 15.2 Å². The maximum Gasteiger partial charge on any atom is 0.296 e. The number of nitrogen functional groups attached to an aromatic ring is 1. The fraction of sp³-hybridized carbons (Fsp3) is 0. The Morgan fingerprint density at radius 1 is 0.875 bits per heavy atom. The van der Waals surface area contributed by atoms with Gasteiger partial charge in [-0.1, -0.05) is 18.2 Å². The predicted molar refractivity (Wildman–Crippen MR) is 116 cm³/mol. The second kappa shape index (κ2) is 7.49. The molecule has 164 valence electrons. The summed E-state index contributed by atoms with van der Waals surface area (Å²) in [5, 5.41) is 19.0. The van der Waals surface area contributed by atoms with Crippen molar-refractivity contribution < 1.29 is 31.0 Å². The molecule has 0 aliphatic carbocycles. The Morgan fingerprint density at radius 2 is 1.59 bits per heavy atom. The van der Waals surface area contributed by atoms with Crippen molar-refractivity contribution in [3.8, 4) is 5.75 Å². The molecule has 13 heteroatoms. The van der Waals surface area contributed by atoms with Crippen LogP contribution in [-0.2, 0) is 20.2 Å². The van der Waals surface area contributed by atoms with Gasteiger partial charge in [0.1, 0.15) is 16.3 Å². The summed E-state index contributed by atoms with van der Waals surface area (Å²) in [4.78, 5) is 2.73. The van der Waals surface area contributed by atoms with E-state index < -0.39 is 41.5 Å². The van der Waals surface area contributed by atoms with Gasteiger partial charge < -0.3 is 10.8 Å². The summed E-state index contributed by atoms with van der Waals surface area (Å²) >= 11 is 0. The largest absolute Gasteiger partial charge is 0.505 e. The molecule has 0 amide bonds. The molecule has 32 heavy (non-hydrogen) atoms. The minimum atomic E-state index is -4.94. The van der Waals surface area contributed by atoms with E-state index in [4.69, 9.17) is 5.73 Å². The molecule has 0 atom stereocenters. The van der Waals surface area contributed by atoms with Crippen molar-refractivity contribution in [2.45, 2.75) is 9.79 Å². The lowest BCUT2D eigenvalue weighted by molar-refractivity contribution is 0.472. The van der Waals surface area contributed by atoms with Gasteiger partial charge in [0.25, 0.3) is 20.2 Å². The van der Waals surface area contributed by atoms with E-state index in [1.165, 1.54) is 6.20 Å². The Morgan fingerprint density at radius 3 is 2.28 bits per heavy atom. The van der Waals surface area contributed by atoms with Gasteiger partial charge in [-0.3, -0.25) is 14.1 Å². The SMILES string of the molecule is Nc1cc(S(=O)(=O)O)cc2cc(S(=O)(=O)O)c(N=Nc3cccc4cccnc34)c(O)c12. The van der Waals surface area contributed by atoms with Gasteiger partial charge in [0.15, 0.2) is 5.75 Å². The molecule has 5 N–H and O–H groups in total. The maximum absolute atomic E-state index is 12.0. The number of nitrogens with two attached hydrogens (primary N) is 1. The molecule has 0 saturated carbocycles. The van der Waals surface area contributed by atoms with Crippen molar-refractivity contribution in [3.63, 3.8) is 0 Å². The minimum Gasteiger partial charge on any atom is -0.505 e. The first-order valence-electron chi connectivity index (χ1n) is 8.76. The molecule has 0 radical (unpaired) electrons. The molecule has 1 heterocycles. The van der Waals surface area contributed by atoms with Gasteiger partial charge in [0.05, 0.1) is 10.4 Å². The van der Waals surface area contributed by atoms with Crippen molar-refractivity contribution in [3.05, 3.63) is 54.7 Å². The van der Waals surface area contributed by atoms with Gasteiger partial charge in [-0.25, -0.2) is 0 Å². The number of fused-ring (bicyclic) bond motifs is 2. The predicted octanol–water partition coefficient (Wildman–Crippen LogP) is 3.58. The van der Waals surface area contributed by atoms with Crippen LogP contribution >= 0.6 is 0 Å². The summed E-state index contributed by atoms with van der Waals surface area (Å²) in [6.45, 7) is 0. The number of pyridine rings is 1. The molecule has 0 bridgehead atoms. The minimum absolute atomic E-state index is 0.144. The lowest BCUT2D eigenvalue weighted by atomic mass is 10.1. The van der Waals surface area contributed by atoms with Gasteiger partial charge >= 0.3 is 0 Å². The van der Waals surface area contributed by atoms with E-state index in [-0.39, 0.29) is 22.1 Å². The number of rotatable bonds is 4. The number of azo groups is 1. The molecule has 3 aromatic carbocycles. The van der Waals surface area contributed by atoms with E-state index in [0.29, 0.717) is 5.52 Å². The molecular weight excluding hydrogens is 460 g/mol. The monoisotopic (exact) mass is 474 g/mol. The summed E-state index contributed by atoms with van der Waals surface area (Å²) in [5.74, 6) is -0.758. The van der Waals surface area contributed by atoms with E-state index >= 15 is 0 Å². The van der Waals surface area contributed by atoms with E-state index in [1.54, 1.807) is 30.3 Å². The molecule has 1 aromatic heterocycles. The van der Waals surface area contributed by atoms with Gasteiger partial charge in [-0.15, -0.1) is 10.2 Å². The normalized spacial score (nSPS) is 12.7. The zero-order valence-electron chi connectivity index (χ0n) is 15.9. The zero-order valence-corrected chi connectivity index (χ0v) is 17.5. The Hall–Kier alpha value is -3.65. The highest BCUT2D eigenvalue weighted by molar-refractivity contribution is 7.86. The number of benzene rings is 3. The van der Waals surface area contributed by atoms with Crippen molar-refractivity contribution in [1.29, 1.82) is 0 Å². The number of phenolic OH excluding ortho intramolecular Hbond substituents is 1. The smallest absolute Gasteiger partial charge is 0.296 e. The zero-order chi connectivity index (χ0) is 23.3. The summed E-state index contributed by atoms with van der Waals surface area (Å²) < 4.78 is 65.8. The molecule has 11 nitrogen and oxygen atoms in total. The number of para-hydroxylation sites is 1. The van der Waals surface area contributed by atoms with Gasteiger partial charge in [-0.2, -0.15) is 16.8 Å².